The quantitative estimate of drug-likeness (QED) is 0.451. The molecular weight excluding hydrogens is 332 g/mol. The fraction of sp³-hybridized carbons (Fsp3) is 0.167. The molecule has 1 aromatic carbocycles. The molecule has 0 atom stereocenters. The second kappa shape index (κ2) is 5.09. The van der Waals surface area contributed by atoms with Crippen molar-refractivity contribution in [2.45, 2.75) is 10.5 Å². The lowest BCUT2D eigenvalue weighted by atomic mass is 9.95. The highest BCUT2D eigenvalue weighted by Crippen LogP contribution is 2.41. The smallest absolute Gasteiger partial charge is 0.293 e. The number of nitrogen functional groups attached to an aromatic ring is 1. The molecule has 0 bridgehead atoms. The van der Waals surface area contributed by atoms with Crippen molar-refractivity contribution in [2.75, 3.05) is 5.73 Å². The van der Waals surface area contributed by atoms with Gasteiger partial charge in [-0.15, -0.1) is 0 Å². The van der Waals surface area contributed by atoms with Crippen LogP contribution in [0.25, 0.3) is 5.57 Å². The standard InChI is InChI=1S/C12H14N2O6S2/c13-10-4-1-8(2-5-10)9-3-6-11(14)12(7-9,21(15,16)17)22(18,19)20/h1-6H,7,13-14H2,(H,15,16,17)(H,18,19,20). The maximum absolute atomic E-state index is 11.6. The molecule has 10 heteroatoms. The molecule has 1 aliphatic rings. The number of allylic oxidation sites excluding steroid dienone is 3. The Balaban J connectivity index is 2.65. The maximum atomic E-state index is 11.6. The fourth-order valence-corrected chi connectivity index (χ4v) is 4.71. The van der Waals surface area contributed by atoms with Crippen molar-refractivity contribution in [1.82, 2.24) is 0 Å². The van der Waals surface area contributed by atoms with E-state index in [2.05, 4.69) is 0 Å². The third-order valence-electron chi connectivity index (χ3n) is 3.44. The molecule has 0 heterocycles. The predicted molar refractivity (Wildman–Crippen MR) is 81.5 cm³/mol. The first-order valence-corrected chi connectivity index (χ1v) is 8.84. The molecule has 1 aliphatic carbocycles. The van der Waals surface area contributed by atoms with Crippen LogP contribution in [-0.4, -0.2) is 30.0 Å². The van der Waals surface area contributed by atoms with Gasteiger partial charge in [0.1, 0.15) is 0 Å². The van der Waals surface area contributed by atoms with E-state index in [-0.39, 0.29) is 5.57 Å². The van der Waals surface area contributed by atoms with E-state index in [1.54, 1.807) is 24.3 Å². The summed E-state index contributed by atoms with van der Waals surface area (Å²) in [5.74, 6) is 0. The summed E-state index contributed by atoms with van der Waals surface area (Å²) in [6.07, 6.45) is 1.71. The van der Waals surface area contributed by atoms with Gasteiger partial charge in [0.05, 0.1) is 5.70 Å². The molecule has 2 rings (SSSR count). The highest BCUT2D eigenvalue weighted by molar-refractivity contribution is 8.05. The van der Waals surface area contributed by atoms with E-state index in [1.807, 2.05) is 0 Å². The van der Waals surface area contributed by atoms with Crippen molar-refractivity contribution in [3.05, 3.63) is 47.7 Å². The minimum absolute atomic E-state index is 0.254. The summed E-state index contributed by atoms with van der Waals surface area (Å²) in [6, 6.07) is 6.19. The lowest BCUT2D eigenvalue weighted by Crippen LogP contribution is -2.51. The molecule has 0 saturated heterocycles. The number of hydrogen-bond acceptors (Lipinski definition) is 6. The lowest BCUT2D eigenvalue weighted by molar-refractivity contribution is 0.433. The molecule has 6 N–H and O–H groups in total. The number of anilines is 1. The Morgan fingerprint density at radius 3 is 1.86 bits per heavy atom. The fourth-order valence-electron chi connectivity index (χ4n) is 2.24. The first-order valence-electron chi connectivity index (χ1n) is 5.96. The van der Waals surface area contributed by atoms with Crippen molar-refractivity contribution in [2.24, 2.45) is 5.73 Å². The summed E-state index contributed by atoms with van der Waals surface area (Å²) in [5, 5.41) is 0. The largest absolute Gasteiger partial charge is 0.400 e. The summed E-state index contributed by atoms with van der Waals surface area (Å²) in [5.41, 5.74) is 11.5. The minimum Gasteiger partial charge on any atom is -0.400 e. The number of nitrogens with two attached hydrogens (primary N) is 2. The van der Waals surface area contributed by atoms with Gasteiger partial charge < -0.3 is 11.5 Å². The van der Waals surface area contributed by atoms with Gasteiger partial charge in [0, 0.05) is 12.1 Å². The Bertz CT molecular complexity index is 835. The molecule has 8 nitrogen and oxygen atoms in total. The monoisotopic (exact) mass is 346 g/mol. The van der Waals surface area contributed by atoms with Gasteiger partial charge in [-0.25, -0.2) is 0 Å². The summed E-state index contributed by atoms with van der Waals surface area (Å²) in [7, 11) is -10.5. The van der Waals surface area contributed by atoms with Gasteiger partial charge in [-0.1, -0.05) is 18.2 Å². The molecule has 0 fully saturated rings. The van der Waals surface area contributed by atoms with Gasteiger partial charge in [-0.3, -0.25) is 9.11 Å². The van der Waals surface area contributed by atoms with E-state index >= 15 is 0 Å². The summed E-state index contributed by atoms with van der Waals surface area (Å²) in [6.45, 7) is 0. The van der Waals surface area contributed by atoms with E-state index < -0.39 is 36.4 Å². The second-order valence-electron chi connectivity index (χ2n) is 4.82. The molecule has 1 aromatic rings. The van der Waals surface area contributed by atoms with Crippen molar-refractivity contribution in [3.8, 4) is 0 Å². The Hall–Kier alpha value is -1.88. The lowest BCUT2D eigenvalue weighted by Gasteiger charge is -2.31. The first-order chi connectivity index (χ1) is 9.99. The average molecular weight is 346 g/mol. The van der Waals surface area contributed by atoms with Crippen LogP contribution in [0.5, 0.6) is 0 Å². The van der Waals surface area contributed by atoms with Gasteiger partial charge in [0.15, 0.2) is 0 Å². The molecule has 0 aliphatic heterocycles. The van der Waals surface area contributed by atoms with Crippen LogP contribution in [0.2, 0.25) is 0 Å². The zero-order valence-electron chi connectivity index (χ0n) is 11.2. The molecule has 22 heavy (non-hydrogen) atoms. The Labute approximate surface area is 127 Å². The topological polar surface area (TPSA) is 161 Å². The molecule has 0 aromatic heterocycles. The minimum atomic E-state index is -5.24. The number of hydrogen-bond donors (Lipinski definition) is 4. The Kier molecular flexibility index (Phi) is 3.81. The molecule has 120 valence electrons. The normalized spacial score (nSPS) is 18.5. The van der Waals surface area contributed by atoms with Gasteiger partial charge in [0.2, 0.25) is 0 Å². The highest BCUT2D eigenvalue weighted by atomic mass is 32.3. The molecule has 0 radical (unpaired) electrons. The molecule has 0 spiro atoms. The van der Waals surface area contributed by atoms with Crippen LogP contribution < -0.4 is 11.5 Å². The molecule has 0 amide bonds. The van der Waals surface area contributed by atoms with Crippen molar-refractivity contribution < 1.29 is 25.9 Å². The highest BCUT2D eigenvalue weighted by Gasteiger charge is 2.58. The average Bonchev–Trinajstić information content (AvgIpc) is 2.37. The van der Waals surface area contributed by atoms with Crippen LogP contribution >= 0.6 is 0 Å². The first kappa shape index (κ1) is 16.5. The van der Waals surface area contributed by atoms with Crippen LogP contribution in [-0.2, 0) is 20.2 Å². The van der Waals surface area contributed by atoms with Crippen LogP contribution in [0.15, 0.2) is 42.1 Å². The van der Waals surface area contributed by atoms with Crippen molar-refractivity contribution in [3.63, 3.8) is 0 Å². The van der Waals surface area contributed by atoms with Crippen molar-refractivity contribution in [1.29, 1.82) is 0 Å². The SMILES string of the molecule is NC1=CC=C(c2ccc(N)cc2)CC1(S(=O)(=O)O)S(=O)(=O)O. The maximum Gasteiger partial charge on any atom is 0.293 e. The van der Waals surface area contributed by atoms with E-state index in [1.165, 1.54) is 6.08 Å². The van der Waals surface area contributed by atoms with Crippen molar-refractivity contribution >= 4 is 31.5 Å². The zero-order chi connectivity index (χ0) is 16.8. The third-order valence-corrected chi connectivity index (χ3v) is 7.13. The number of rotatable bonds is 3. The molecule has 0 unspecified atom stereocenters. The molecule has 0 saturated carbocycles. The van der Waals surface area contributed by atoms with Gasteiger partial charge in [-0.05, 0) is 29.3 Å². The third kappa shape index (κ3) is 2.50. The Morgan fingerprint density at radius 1 is 0.909 bits per heavy atom. The zero-order valence-corrected chi connectivity index (χ0v) is 12.8. The van der Waals surface area contributed by atoms with Gasteiger partial charge >= 0.3 is 0 Å². The van der Waals surface area contributed by atoms with Crippen LogP contribution in [0, 0.1) is 0 Å². The van der Waals surface area contributed by atoms with E-state index in [4.69, 9.17) is 11.5 Å². The van der Waals surface area contributed by atoms with E-state index in [9.17, 15) is 25.9 Å². The van der Waals surface area contributed by atoms with Crippen LogP contribution in [0.3, 0.4) is 0 Å². The Morgan fingerprint density at radius 2 is 1.41 bits per heavy atom. The number of benzene rings is 1. The van der Waals surface area contributed by atoms with Crippen LogP contribution in [0.1, 0.15) is 12.0 Å². The van der Waals surface area contributed by atoms with Gasteiger partial charge in [0.25, 0.3) is 24.3 Å². The second-order valence-corrected chi connectivity index (χ2v) is 8.37. The van der Waals surface area contributed by atoms with Crippen LogP contribution in [0.4, 0.5) is 5.69 Å². The van der Waals surface area contributed by atoms with Gasteiger partial charge in [-0.2, -0.15) is 16.8 Å². The summed E-state index contributed by atoms with van der Waals surface area (Å²) in [4.78, 5) is 0. The summed E-state index contributed by atoms with van der Waals surface area (Å²) >= 11 is 0. The van der Waals surface area contributed by atoms with E-state index in [0.29, 0.717) is 11.3 Å². The predicted octanol–water partition coefficient (Wildman–Crippen LogP) is 0.370. The van der Waals surface area contributed by atoms with E-state index in [0.717, 1.165) is 6.08 Å². The summed E-state index contributed by atoms with van der Waals surface area (Å²) < 4.78 is 62.3. The molecular formula is C12H14N2O6S2.